The highest BCUT2D eigenvalue weighted by atomic mass is 32.2. The van der Waals surface area contributed by atoms with E-state index in [1.807, 2.05) is 12.3 Å². The van der Waals surface area contributed by atoms with Gasteiger partial charge in [0.25, 0.3) is 0 Å². The van der Waals surface area contributed by atoms with Gasteiger partial charge in [-0.2, -0.15) is 11.8 Å². The first-order chi connectivity index (χ1) is 7.33. The summed E-state index contributed by atoms with van der Waals surface area (Å²) in [5.41, 5.74) is 2.30. The molecule has 0 aliphatic heterocycles. The third kappa shape index (κ3) is 2.23. The van der Waals surface area contributed by atoms with Crippen molar-refractivity contribution in [2.75, 3.05) is 12.0 Å². The van der Waals surface area contributed by atoms with Gasteiger partial charge in [0.05, 0.1) is 11.6 Å². The number of thioether (sulfide) groups is 1. The average molecular weight is 221 g/mol. The van der Waals surface area contributed by atoms with Crippen molar-refractivity contribution in [3.8, 4) is 0 Å². The van der Waals surface area contributed by atoms with Crippen molar-refractivity contribution in [3.63, 3.8) is 0 Å². The molecule has 0 spiro atoms. The Kier molecular flexibility index (Phi) is 3.41. The van der Waals surface area contributed by atoms with Crippen LogP contribution in [0.1, 0.15) is 30.0 Å². The zero-order chi connectivity index (χ0) is 10.7. The van der Waals surface area contributed by atoms with E-state index < -0.39 is 0 Å². The monoisotopic (exact) mass is 221 g/mol. The highest BCUT2D eigenvalue weighted by Crippen LogP contribution is 2.32. The van der Waals surface area contributed by atoms with Crippen molar-refractivity contribution in [2.24, 2.45) is 0 Å². The zero-order valence-corrected chi connectivity index (χ0v) is 9.72. The van der Waals surface area contributed by atoms with Crippen molar-refractivity contribution >= 4 is 17.5 Å². The minimum atomic E-state index is 0.0772. The van der Waals surface area contributed by atoms with Gasteiger partial charge >= 0.3 is 0 Å². The van der Waals surface area contributed by atoms with Gasteiger partial charge in [-0.05, 0) is 36.5 Å². The van der Waals surface area contributed by atoms with E-state index >= 15 is 0 Å². The Morgan fingerprint density at radius 1 is 1.67 bits per heavy atom. The smallest absolute Gasteiger partial charge is 0.142 e. The van der Waals surface area contributed by atoms with Gasteiger partial charge in [0.2, 0.25) is 0 Å². The predicted octanol–water partition coefficient (Wildman–Crippen LogP) is 2.43. The zero-order valence-electron chi connectivity index (χ0n) is 8.90. The molecule has 1 atom stereocenters. The molecule has 2 nitrogen and oxygen atoms in total. The molecule has 80 valence electrons. The van der Waals surface area contributed by atoms with Crippen LogP contribution in [-0.4, -0.2) is 22.8 Å². The number of carbonyl (C=O) groups excluding carboxylic acids is 1. The molecule has 1 unspecified atom stereocenters. The molecule has 0 radical (unpaired) electrons. The van der Waals surface area contributed by atoms with Gasteiger partial charge in [0.15, 0.2) is 0 Å². The average Bonchev–Trinajstić information content (AvgIpc) is 2.69. The van der Waals surface area contributed by atoms with E-state index in [0.717, 1.165) is 24.3 Å². The van der Waals surface area contributed by atoms with Gasteiger partial charge in [-0.25, -0.2) is 0 Å². The van der Waals surface area contributed by atoms with E-state index in [4.69, 9.17) is 0 Å². The third-order valence-corrected chi connectivity index (χ3v) is 3.51. The number of fused-ring (bicyclic) bond motifs is 1. The van der Waals surface area contributed by atoms with E-state index in [1.165, 1.54) is 5.56 Å². The van der Waals surface area contributed by atoms with Crippen LogP contribution in [0.5, 0.6) is 0 Å². The highest BCUT2D eigenvalue weighted by Gasteiger charge is 2.28. The number of nitrogens with zero attached hydrogens (tertiary/aromatic N) is 1. The fraction of sp³-hybridized carbons (Fsp3) is 0.500. The molecule has 0 saturated heterocycles. The van der Waals surface area contributed by atoms with Crippen molar-refractivity contribution < 1.29 is 4.79 Å². The fourth-order valence-corrected chi connectivity index (χ4v) is 2.51. The molecule has 1 aliphatic carbocycles. The number of ketones is 1. The van der Waals surface area contributed by atoms with Crippen LogP contribution >= 0.6 is 11.8 Å². The Morgan fingerprint density at radius 3 is 3.33 bits per heavy atom. The molecule has 2 rings (SSSR count). The van der Waals surface area contributed by atoms with E-state index in [9.17, 15) is 4.79 Å². The maximum Gasteiger partial charge on any atom is 0.142 e. The summed E-state index contributed by atoms with van der Waals surface area (Å²) < 4.78 is 0. The van der Waals surface area contributed by atoms with Crippen molar-refractivity contribution in [1.29, 1.82) is 0 Å². The first kappa shape index (κ1) is 10.7. The van der Waals surface area contributed by atoms with Crippen LogP contribution < -0.4 is 0 Å². The van der Waals surface area contributed by atoms with E-state index in [0.29, 0.717) is 12.2 Å². The molecule has 15 heavy (non-hydrogen) atoms. The molecule has 0 aromatic carbocycles. The lowest BCUT2D eigenvalue weighted by Gasteiger charge is -2.08. The summed E-state index contributed by atoms with van der Waals surface area (Å²) in [5, 5.41) is 0. The van der Waals surface area contributed by atoms with Crippen LogP contribution in [0.15, 0.2) is 18.3 Å². The van der Waals surface area contributed by atoms with E-state index in [2.05, 4.69) is 11.1 Å². The van der Waals surface area contributed by atoms with Crippen molar-refractivity contribution in [3.05, 3.63) is 29.6 Å². The second-order valence-corrected chi connectivity index (χ2v) is 4.83. The topological polar surface area (TPSA) is 30.0 Å². The van der Waals surface area contributed by atoms with Gasteiger partial charge in [0, 0.05) is 12.6 Å². The van der Waals surface area contributed by atoms with Gasteiger partial charge in [0.1, 0.15) is 5.78 Å². The van der Waals surface area contributed by atoms with Crippen LogP contribution in [-0.2, 0) is 11.2 Å². The van der Waals surface area contributed by atoms with Crippen molar-refractivity contribution in [2.45, 2.75) is 25.2 Å². The molecule has 0 fully saturated rings. The number of aryl methyl sites for hydroxylation is 1. The molecular formula is C12H15NOS. The van der Waals surface area contributed by atoms with Gasteiger partial charge < -0.3 is 0 Å². The lowest BCUT2D eigenvalue weighted by atomic mass is 9.99. The first-order valence-electron chi connectivity index (χ1n) is 5.28. The summed E-state index contributed by atoms with van der Waals surface area (Å²) in [6, 6.07) is 4.04. The van der Waals surface area contributed by atoms with Crippen molar-refractivity contribution in [1.82, 2.24) is 4.98 Å². The Hall–Kier alpha value is -0.830. The highest BCUT2D eigenvalue weighted by molar-refractivity contribution is 7.98. The standard InChI is InChI=1S/C12H15NOS/c1-15-8-6-11(14)10-5-4-9-3-2-7-13-12(9)10/h2-3,7,10H,4-6,8H2,1H3. The second-order valence-electron chi connectivity index (χ2n) is 3.85. The number of hydrogen-bond donors (Lipinski definition) is 0. The summed E-state index contributed by atoms with van der Waals surface area (Å²) in [6.45, 7) is 0. The lowest BCUT2D eigenvalue weighted by Crippen LogP contribution is -2.11. The minimum absolute atomic E-state index is 0.0772. The fourth-order valence-electron chi connectivity index (χ4n) is 2.10. The first-order valence-corrected chi connectivity index (χ1v) is 6.67. The summed E-state index contributed by atoms with van der Waals surface area (Å²) in [7, 11) is 0. The normalized spacial score (nSPS) is 18.9. The Bertz CT molecular complexity index is 364. The Balaban J connectivity index is 2.10. The lowest BCUT2D eigenvalue weighted by molar-refractivity contribution is -0.120. The van der Waals surface area contributed by atoms with Crippen LogP contribution in [0.2, 0.25) is 0 Å². The van der Waals surface area contributed by atoms with Gasteiger partial charge in [-0.1, -0.05) is 6.07 Å². The summed E-state index contributed by atoms with van der Waals surface area (Å²) in [6.07, 6.45) is 6.48. The van der Waals surface area contributed by atoms with E-state index in [-0.39, 0.29) is 5.92 Å². The number of hydrogen-bond acceptors (Lipinski definition) is 3. The molecule has 1 aromatic heterocycles. The molecule has 1 aromatic rings. The molecule has 0 N–H and O–H groups in total. The number of carbonyl (C=O) groups is 1. The van der Waals surface area contributed by atoms with Crippen LogP contribution in [0, 0.1) is 0 Å². The quantitative estimate of drug-likeness (QED) is 0.782. The largest absolute Gasteiger partial charge is 0.299 e. The van der Waals surface area contributed by atoms with Crippen LogP contribution in [0.25, 0.3) is 0 Å². The maximum atomic E-state index is 11.9. The Labute approximate surface area is 94.5 Å². The van der Waals surface area contributed by atoms with Crippen LogP contribution in [0.4, 0.5) is 0 Å². The minimum Gasteiger partial charge on any atom is -0.299 e. The molecule has 1 heterocycles. The molecule has 3 heteroatoms. The van der Waals surface area contributed by atoms with Gasteiger partial charge in [-0.15, -0.1) is 0 Å². The molecule has 1 aliphatic rings. The summed E-state index contributed by atoms with van der Waals surface area (Å²) in [5.74, 6) is 1.37. The maximum absolute atomic E-state index is 11.9. The number of pyridine rings is 1. The molecule has 0 bridgehead atoms. The van der Waals surface area contributed by atoms with Crippen LogP contribution in [0.3, 0.4) is 0 Å². The third-order valence-electron chi connectivity index (χ3n) is 2.90. The van der Waals surface area contributed by atoms with E-state index in [1.54, 1.807) is 18.0 Å². The molecule has 0 amide bonds. The predicted molar refractivity (Wildman–Crippen MR) is 63.3 cm³/mol. The Morgan fingerprint density at radius 2 is 2.53 bits per heavy atom. The summed E-state index contributed by atoms with van der Waals surface area (Å²) in [4.78, 5) is 16.3. The second kappa shape index (κ2) is 4.79. The number of Topliss-reactive ketones (excluding diaryl/α,β-unsaturated/α-hetero) is 1. The van der Waals surface area contributed by atoms with Gasteiger partial charge in [-0.3, -0.25) is 9.78 Å². The summed E-state index contributed by atoms with van der Waals surface area (Å²) >= 11 is 1.73. The SMILES string of the molecule is CSCCC(=O)C1CCc2cccnc21. The molecular weight excluding hydrogens is 206 g/mol. The number of rotatable bonds is 4. The number of aromatic nitrogens is 1. The molecule has 0 saturated carbocycles.